The van der Waals surface area contributed by atoms with Gasteiger partial charge in [0.1, 0.15) is 0 Å². The minimum Gasteiger partial charge on any atom is -0.352 e. The number of carbonyl (C=O) groups excluding carboxylic acids is 1. The number of carbonyl (C=O) groups is 1. The summed E-state index contributed by atoms with van der Waals surface area (Å²) in [5.74, 6) is -0.0485. The number of rotatable bonds is 2. The standard InChI is InChI=1S/C11H14N4O.2C2H6/c1-6-9(4-12-8(3)16)11-10(5-13-15-11)7(2)14-6;2*1-2/h5H,4H2,1-3H3,(H,12,16)(H,13,15);2*1-2H3. The summed E-state index contributed by atoms with van der Waals surface area (Å²) in [5.41, 5.74) is 3.82. The zero-order valence-corrected chi connectivity index (χ0v) is 13.6. The highest BCUT2D eigenvalue weighted by molar-refractivity contribution is 5.84. The molecular weight excluding hydrogens is 252 g/mol. The number of H-pyrrole nitrogens is 1. The molecule has 2 aromatic rings. The van der Waals surface area contributed by atoms with Crippen LogP contribution < -0.4 is 5.32 Å². The largest absolute Gasteiger partial charge is 0.352 e. The fraction of sp³-hybridized carbons (Fsp3) is 0.533. The van der Waals surface area contributed by atoms with Gasteiger partial charge in [0.25, 0.3) is 0 Å². The van der Waals surface area contributed by atoms with Crippen molar-refractivity contribution in [2.24, 2.45) is 0 Å². The second kappa shape index (κ2) is 9.07. The molecule has 0 aliphatic rings. The molecule has 0 aliphatic carbocycles. The average Bonchev–Trinajstić information content (AvgIpc) is 2.92. The minimum absolute atomic E-state index is 0.0485. The van der Waals surface area contributed by atoms with E-state index in [0.29, 0.717) is 6.54 Å². The highest BCUT2D eigenvalue weighted by Gasteiger charge is 2.10. The second-order valence-electron chi connectivity index (χ2n) is 3.83. The lowest BCUT2D eigenvalue weighted by Gasteiger charge is -2.08. The molecule has 0 bridgehead atoms. The summed E-state index contributed by atoms with van der Waals surface area (Å²) in [4.78, 5) is 15.4. The van der Waals surface area contributed by atoms with Crippen molar-refractivity contribution >= 4 is 16.8 Å². The molecule has 0 spiro atoms. The third-order valence-electron chi connectivity index (χ3n) is 2.62. The van der Waals surface area contributed by atoms with E-state index in [1.165, 1.54) is 6.92 Å². The second-order valence-corrected chi connectivity index (χ2v) is 3.83. The van der Waals surface area contributed by atoms with Crippen molar-refractivity contribution in [1.29, 1.82) is 0 Å². The fourth-order valence-electron chi connectivity index (χ4n) is 1.78. The van der Waals surface area contributed by atoms with E-state index in [-0.39, 0.29) is 5.91 Å². The van der Waals surface area contributed by atoms with Gasteiger partial charge in [-0.25, -0.2) is 0 Å². The quantitative estimate of drug-likeness (QED) is 0.885. The smallest absolute Gasteiger partial charge is 0.217 e. The Kier molecular flexibility index (Phi) is 8.20. The van der Waals surface area contributed by atoms with Gasteiger partial charge in [-0.05, 0) is 13.8 Å². The summed E-state index contributed by atoms with van der Waals surface area (Å²) in [5, 5.41) is 10.7. The molecule has 2 N–H and O–H groups in total. The van der Waals surface area contributed by atoms with Crippen LogP contribution in [0.5, 0.6) is 0 Å². The van der Waals surface area contributed by atoms with Gasteiger partial charge in [-0.2, -0.15) is 5.10 Å². The highest BCUT2D eigenvalue weighted by Crippen LogP contribution is 2.20. The van der Waals surface area contributed by atoms with Gasteiger partial charge < -0.3 is 5.32 Å². The molecule has 0 unspecified atom stereocenters. The molecule has 0 radical (unpaired) electrons. The number of amides is 1. The van der Waals surface area contributed by atoms with E-state index in [1.54, 1.807) is 6.20 Å². The van der Waals surface area contributed by atoms with E-state index in [1.807, 2.05) is 41.5 Å². The maximum atomic E-state index is 10.9. The topological polar surface area (TPSA) is 70.7 Å². The number of fused-ring (bicyclic) bond motifs is 1. The fourth-order valence-corrected chi connectivity index (χ4v) is 1.78. The van der Waals surface area contributed by atoms with Crippen LogP contribution in [0.4, 0.5) is 0 Å². The number of aromatic amines is 1. The summed E-state index contributed by atoms with van der Waals surface area (Å²) in [6.07, 6.45) is 1.76. The lowest BCUT2D eigenvalue weighted by molar-refractivity contribution is -0.119. The molecule has 0 fully saturated rings. The summed E-state index contributed by atoms with van der Waals surface area (Å²) in [6, 6.07) is 0. The minimum atomic E-state index is -0.0485. The number of aromatic nitrogens is 3. The van der Waals surface area contributed by atoms with Crippen molar-refractivity contribution in [1.82, 2.24) is 20.5 Å². The van der Waals surface area contributed by atoms with Crippen LogP contribution in [0.3, 0.4) is 0 Å². The highest BCUT2D eigenvalue weighted by atomic mass is 16.1. The number of pyridine rings is 1. The molecule has 0 aromatic carbocycles. The first kappa shape index (κ1) is 18.1. The first-order chi connectivity index (χ1) is 9.59. The SMILES string of the molecule is CC.CC.CC(=O)NCc1c(C)nc(C)c2cn[nH]c12. The lowest BCUT2D eigenvalue weighted by atomic mass is 10.1. The van der Waals surface area contributed by atoms with E-state index in [9.17, 15) is 4.79 Å². The van der Waals surface area contributed by atoms with Crippen molar-refractivity contribution in [3.8, 4) is 0 Å². The van der Waals surface area contributed by atoms with E-state index in [4.69, 9.17) is 0 Å². The molecule has 5 nitrogen and oxygen atoms in total. The third-order valence-corrected chi connectivity index (χ3v) is 2.62. The molecular formula is C15H26N4O. The van der Waals surface area contributed by atoms with E-state index >= 15 is 0 Å². The zero-order valence-electron chi connectivity index (χ0n) is 13.6. The summed E-state index contributed by atoms with van der Waals surface area (Å²) in [7, 11) is 0. The molecule has 0 aliphatic heterocycles. The monoisotopic (exact) mass is 278 g/mol. The van der Waals surface area contributed by atoms with Crippen LogP contribution in [0.15, 0.2) is 6.20 Å². The molecule has 112 valence electrons. The van der Waals surface area contributed by atoms with Crippen LogP contribution in [-0.4, -0.2) is 21.1 Å². The van der Waals surface area contributed by atoms with Crippen LogP contribution in [0.2, 0.25) is 0 Å². The van der Waals surface area contributed by atoms with Crippen molar-refractivity contribution in [3.63, 3.8) is 0 Å². The van der Waals surface area contributed by atoms with Gasteiger partial charge in [0.15, 0.2) is 0 Å². The molecule has 0 saturated heterocycles. The average molecular weight is 278 g/mol. The molecule has 2 heterocycles. The van der Waals surface area contributed by atoms with Crippen molar-refractivity contribution in [2.75, 3.05) is 0 Å². The van der Waals surface area contributed by atoms with E-state index in [0.717, 1.165) is 27.9 Å². The molecule has 0 atom stereocenters. The van der Waals surface area contributed by atoms with Crippen LogP contribution >= 0.6 is 0 Å². The van der Waals surface area contributed by atoms with Crippen LogP contribution in [0.1, 0.15) is 51.6 Å². The number of aryl methyl sites for hydroxylation is 2. The first-order valence-corrected chi connectivity index (χ1v) is 7.13. The Morgan fingerprint density at radius 1 is 1.20 bits per heavy atom. The Morgan fingerprint density at radius 2 is 1.80 bits per heavy atom. The van der Waals surface area contributed by atoms with Crippen LogP contribution in [0.25, 0.3) is 10.9 Å². The van der Waals surface area contributed by atoms with Gasteiger partial charge in [0, 0.05) is 35.8 Å². The number of hydrogen-bond donors (Lipinski definition) is 2. The Balaban J connectivity index is 0.000000829. The first-order valence-electron chi connectivity index (χ1n) is 7.13. The van der Waals surface area contributed by atoms with E-state index in [2.05, 4.69) is 20.5 Å². The predicted octanol–water partition coefficient (Wildman–Crippen LogP) is 3.26. The number of nitrogens with zero attached hydrogens (tertiary/aromatic N) is 2. The Bertz CT molecular complexity index is 546. The Hall–Kier alpha value is -1.91. The summed E-state index contributed by atoms with van der Waals surface area (Å²) < 4.78 is 0. The van der Waals surface area contributed by atoms with Gasteiger partial charge in [-0.15, -0.1) is 0 Å². The molecule has 2 aromatic heterocycles. The van der Waals surface area contributed by atoms with Crippen LogP contribution in [0, 0.1) is 13.8 Å². The number of nitrogens with one attached hydrogen (secondary N) is 2. The number of hydrogen-bond acceptors (Lipinski definition) is 3. The molecule has 20 heavy (non-hydrogen) atoms. The molecule has 0 saturated carbocycles. The Morgan fingerprint density at radius 3 is 2.35 bits per heavy atom. The van der Waals surface area contributed by atoms with E-state index < -0.39 is 0 Å². The molecule has 2 rings (SSSR count). The molecule has 1 amide bonds. The zero-order chi connectivity index (χ0) is 15.7. The van der Waals surface area contributed by atoms with Crippen molar-refractivity contribution in [3.05, 3.63) is 23.1 Å². The van der Waals surface area contributed by atoms with Gasteiger partial charge in [-0.3, -0.25) is 14.9 Å². The summed E-state index contributed by atoms with van der Waals surface area (Å²) >= 11 is 0. The summed E-state index contributed by atoms with van der Waals surface area (Å²) in [6.45, 7) is 13.9. The maximum Gasteiger partial charge on any atom is 0.217 e. The van der Waals surface area contributed by atoms with Crippen molar-refractivity contribution < 1.29 is 4.79 Å². The third kappa shape index (κ3) is 4.33. The van der Waals surface area contributed by atoms with Gasteiger partial charge in [0.2, 0.25) is 5.91 Å². The van der Waals surface area contributed by atoms with Gasteiger partial charge in [0.05, 0.1) is 11.7 Å². The molecule has 5 heteroatoms. The van der Waals surface area contributed by atoms with Gasteiger partial charge >= 0.3 is 0 Å². The predicted molar refractivity (Wildman–Crippen MR) is 83.6 cm³/mol. The van der Waals surface area contributed by atoms with Crippen molar-refractivity contribution in [2.45, 2.75) is 55.0 Å². The normalized spacial score (nSPS) is 9.15. The van der Waals surface area contributed by atoms with Gasteiger partial charge in [-0.1, -0.05) is 27.7 Å². The van der Waals surface area contributed by atoms with Crippen LogP contribution in [-0.2, 0) is 11.3 Å². The Labute approximate surface area is 121 Å². The lowest BCUT2D eigenvalue weighted by Crippen LogP contribution is -2.20. The maximum absolute atomic E-state index is 10.9.